The molecule has 1 aromatic heterocycles. The van der Waals surface area contributed by atoms with Crippen molar-refractivity contribution in [3.8, 4) is 0 Å². The Morgan fingerprint density at radius 1 is 0.903 bits per heavy atom. The third-order valence-electron chi connectivity index (χ3n) is 5.72. The van der Waals surface area contributed by atoms with Crippen molar-refractivity contribution >= 4 is 34.0 Å². The van der Waals surface area contributed by atoms with E-state index < -0.39 is 17.7 Å². The fourth-order valence-corrected chi connectivity index (χ4v) is 4.17. The molecule has 0 aliphatic carbocycles. The molecule has 1 aliphatic heterocycles. The van der Waals surface area contributed by atoms with E-state index in [1.165, 1.54) is 4.90 Å². The van der Waals surface area contributed by atoms with Gasteiger partial charge in [0.1, 0.15) is 5.76 Å². The summed E-state index contributed by atoms with van der Waals surface area (Å²) in [6.07, 6.45) is 1.81. The Morgan fingerprint density at radius 3 is 2.32 bits per heavy atom. The lowest BCUT2D eigenvalue weighted by Gasteiger charge is -2.25. The Kier molecular flexibility index (Phi) is 4.44. The number of rotatable bonds is 3. The van der Waals surface area contributed by atoms with Gasteiger partial charge in [0.25, 0.3) is 11.7 Å². The van der Waals surface area contributed by atoms with Gasteiger partial charge in [-0.1, -0.05) is 66.2 Å². The van der Waals surface area contributed by atoms with Crippen molar-refractivity contribution in [3.63, 3.8) is 0 Å². The number of aromatic nitrogens is 1. The number of carbonyl (C=O) groups excluding carboxylic acids is 2. The van der Waals surface area contributed by atoms with Gasteiger partial charge >= 0.3 is 0 Å². The number of nitrogens with zero attached hydrogens (tertiary/aromatic N) is 1. The van der Waals surface area contributed by atoms with E-state index in [1.54, 1.807) is 30.5 Å². The van der Waals surface area contributed by atoms with Crippen LogP contribution in [0.4, 0.5) is 5.69 Å². The van der Waals surface area contributed by atoms with Crippen LogP contribution < -0.4 is 4.90 Å². The minimum Gasteiger partial charge on any atom is -0.507 e. The molecule has 1 aliphatic rings. The maximum Gasteiger partial charge on any atom is 0.300 e. The SMILES string of the molecule is Cc1ccc(N2C(=O)C(=O)/C(=C(/O)c3ccccc3)C2c2c[nH]c3ccccc23)cc1. The fourth-order valence-electron chi connectivity index (χ4n) is 4.17. The number of fused-ring (bicyclic) bond motifs is 1. The maximum atomic E-state index is 13.2. The summed E-state index contributed by atoms with van der Waals surface area (Å²) in [6, 6.07) is 23.3. The Bertz CT molecular complexity index is 1330. The molecule has 5 rings (SSSR count). The number of carbonyl (C=O) groups is 2. The third kappa shape index (κ3) is 3.02. The number of aromatic amines is 1. The highest BCUT2D eigenvalue weighted by Crippen LogP contribution is 2.44. The van der Waals surface area contributed by atoms with Crippen molar-refractivity contribution in [2.24, 2.45) is 0 Å². The monoisotopic (exact) mass is 408 g/mol. The molecule has 1 saturated heterocycles. The number of benzene rings is 3. The second-order valence-corrected chi connectivity index (χ2v) is 7.66. The third-order valence-corrected chi connectivity index (χ3v) is 5.72. The van der Waals surface area contributed by atoms with Crippen LogP contribution in [0.2, 0.25) is 0 Å². The molecule has 2 N–H and O–H groups in total. The number of ketones is 1. The minimum atomic E-state index is -0.751. The van der Waals surface area contributed by atoms with Crippen LogP contribution in [0.25, 0.3) is 16.7 Å². The Labute approximate surface area is 179 Å². The summed E-state index contributed by atoms with van der Waals surface area (Å²) in [4.78, 5) is 31.1. The number of H-pyrrole nitrogens is 1. The van der Waals surface area contributed by atoms with Crippen LogP contribution in [0, 0.1) is 6.92 Å². The molecule has 152 valence electrons. The molecule has 1 unspecified atom stereocenters. The van der Waals surface area contributed by atoms with Gasteiger partial charge in [0.15, 0.2) is 0 Å². The molecule has 3 aromatic carbocycles. The van der Waals surface area contributed by atoms with E-state index in [4.69, 9.17) is 0 Å². The first-order valence-electron chi connectivity index (χ1n) is 10.1. The molecule has 0 bridgehead atoms. The van der Waals surface area contributed by atoms with Gasteiger partial charge in [0.2, 0.25) is 0 Å². The molecule has 5 nitrogen and oxygen atoms in total. The van der Waals surface area contributed by atoms with Crippen molar-refractivity contribution in [2.45, 2.75) is 13.0 Å². The summed E-state index contributed by atoms with van der Waals surface area (Å²) in [5, 5.41) is 12.0. The lowest BCUT2D eigenvalue weighted by molar-refractivity contribution is -0.132. The average molecular weight is 408 g/mol. The van der Waals surface area contributed by atoms with Crippen LogP contribution in [0.5, 0.6) is 0 Å². The van der Waals surface area contributed by atoms with E-state index in [2.05, 4.69) is 4.98 Å². The van der Waals surface area contributed by atoms with Gasteiger partial charge < -0.3 is 10.1 Å². The lowest BCUT2D eigenvalue weighted by atomic mass is 9.94. The van der Waals surface area contributed by atoms with Crippen molar-refractivity contribution in [1.82, 2.24) is 4.98 Å². The molecule has 0 spiro atoms. The van der Waals surface area contributed by atoms with Crippen LogP contribution in [0.1, 0.15) is 22.7 Å². The molecular formula is C26H20N2O3. The van der Waals surface area contributed by atoms with Crippen molar-refractivity contribution < 1.29 is 14.7 Å². The van der Waals surface area contributed by atoms with E-state index in [0.717, 1.165) is 22.0 Å². The Morgan fingerprint density at radius 2 is 1.58 bits per heavy atom. The van der Waals surface area contributed by atoms with Gasteiger partial charge in [-0.3, -0.25) is 14.5 Å². The summed E-state index contributed by atoms with van der Waals surface area (Å²) in [5.74, 6) is -1.53. The number of para-hydroxylation sites is 1. The second kappa shape index (κ2) is 7.29. The largest absolute Gasteiger partial charge is 0.507 e. The number of anilines is 1. The predicted octanol–water partition coefficient (Wildman–Crippen LogP) is 5.10. The topological polar surface area (TPSA) is 73.4 Å². The molecule has 1 amide bonds. The number of hydrogen-bond donors (Lipinski definition) is 2. The number of aryl methyl sites for hydroxylation is 1. The number of nitrogens with one attached hydrogen (secondary N) is 1. The number of aliphatic hydroxyl groups is 1. The standard InChI is InChI=1S/C26H20N2O3/c1-16-11-13-18(14-12-16)28-23(20-15-27-21-10-6-5-9-19(20)21)22(25(30)26(28)31)24(29)17-7-3-2-4-8-17/h2-15,23,27,29H,1H3/b24-22+. The first kappa shape index (κ1) is 18.9. The van der Waals surface area contributed by atoms with Gasteiger partial charge in [-0.05, 0) is 25.1 Å². The highest BCUT2D eigenvalue weighted by atomic mass is 16.3. The lowest BCUT2D eigenvalue weighted by Crippen LogP contribution is -2.29. The van der Waals surface area contributed by atoms with E-state index >= 15 is 0 Å². The summed E-state index contributed by atoms with van der Waals surface area (Å²) < 4.78 is 0. The van der Waals surface area contributed by atoms with Crippen molar-refractivity contribution in [1.29, 1.82) is 0 Å². The molecule has 31 heavy (non-hydrogen) atoms. The van der Waals surface area contributed by atoms with Crippen molar-refractivity contribution in [3.05, 3.63) is 107 Å². The van der Waals surface area contributed by atoms with Crippen molar-refractivity contribution in [2.75, 3.05) is 4.90 Å². The molecule has 1 atom stereocenters. The van der Waals surface area contributed by atoms with Crippen LogP contribution >= 0.6 is 0 Å². The van der Waals surface area contributed by atoms with Gasteiger partial charge in [-0.15, -0.1) is 0 Å². The molecular weight excluding hydrogens is 388 g/mol. The molecule has 5 heteroatoms. The zero-order valence-electron chi connectivity index (χ0n) is 16.9. The fraction of sp³-hybridized carbons (Fsp3) is 0.0769. The van der Waals surface area contributed by atoms with Crippen LogP contribution in [-0.4, -0.2) is 21.8 Å². The van der Waals surface area contributed by atoms with E-state index in [9.17, 15) is 14.7 Å². The minimum absolute atomic E-state index is 0.0847. The van der Waals surface area contributed by atoms with E-state index in [1.807, 2.05) is 61.5 Å². The first-order chi connectivity index (χ1) is 15.1. The summed E-state index contributed by atoms with van der Waals surface area (Å²) >= 11 is 0. The normalized spacial score (nSPS) is 18.1. The predicted molar refractivity (Wildman–Crippen MR) is 121 cm³/mol. The second-order valence-electron chi connectivity index (χ2n) is 7.66. The number of Topliss-reactive ketones (excluding diaryl/α,β-unsaturated/α-hetero) is 1. The van der Waals surface area contributed by atoms with Crippen LogP contribution in [0.3, 0.4) is 0 Å². The molecule has 2 heterocycles. The smallest absolute Gasteiger partial charge is 0.300 e. The molecule has 0 saturated carbocycles. The number of aliphatic hydroxyl groups excluding tert-OH is 1. The molecule has 0 radical (unpaired) electrons. The number of hydrogen-bond acceptors (Lipinski definition) is 3. The van der Waals surface area contributed by atoms with Gasteiger partial charge in [-0.2, -0.15) is 0 Å². The van der Waals surface area contributed by atoms with Gasteiger partial charge in [0.05, 0.1) is 11.6 Å². The van der Waals surface area contributed by atoms with Gasteiger partial charge in [-0.25, -0.2) is 0 Å². The summed E-state index contributed by atoms with van der Waals surface area (Å²) in [7, 11) is 0. The Hall–Kier alpha value is -4.12. The highest BCUT2D eigenvalue weighted by Gasteiger charge is 2.47. The zero-order chi connectivity index (χ0) is 21.5. The van der Waals surface area contributed by atoms with Crippen LogP contribution in [-0.2, 0) is 9.59 Å². The molecule has 1 fully saturated rings. The first-order valence-corrected chi connectivity index (χ1v) is 10.1. The van der Waals surface area contributed by atoms with E-state index in [0.29, 0.717) is 11.3 Å². The summed E-state index contributed by atoms with van der Waals surface area (Å²) in [5.41, 5.74) is 3.89. The highest BCUT2D eigenvalue weighted by molar-refractivity contribution is 6.51. The van der Waals surface area contributed by atoms with Gasteiger partial charge in [0, 0.05) is 33.9 Å². The van der Waals surface area contributed by atoms with E-state index in [-0.39, 0.29) is 11.3 Å². The Balaban J connectivity index is 1.78. The maximum absolute atomic E-state index is 13.2. The summed E-state index contributed by atoms with van der Waals surface area (Å²) in [6.45, 7) is 1.96. The van der Waals surface area contributed by atoms with Crippen LogP contribution in [0.15, 0.2) is 90.6 Å². The quantitative estimate of drug-likeness (QED) is 0.281. The average Bonchev–Trinajstić information content (AvgIpc) is 3.33. The molecule has 4 aromatic rings. The zero-order valence-corrected chi connectivity index (χ0v) is 16.9. The number of amides is 1.